The number of benzene rings is 1. The Labute approximate surface area is 214 Å². The smallest absolute Gasteiger partial charge is 0.370 e. The van der Waals surface area contributed by atoms with E-state index >= 15 is 0 Å². The van der Waals surface area contributed by atoms with Crippen molar-refractivity contribution in [2.24, 2.45) is 0 Å². The Morgan fingerprint density at radius 2 is 2.09 bits per heavy atom. The van der Waals surface area contributed by atoms with E-state index in [1.165, 1.54) is 11.3 Å². The van der Waals surface area contributed by atoms with Crippen LogP contribution in [0.3, 0.4) is 0 Å². The molecule has 1 aliphatic rings. The molecule has 7 nitrogen and oxygen atoms in total. The number of nitrogens with zero attached hydrogens (tertiary/aromatic N) is 2. The van der Waals surface area contributed by atoms with Gasteiger partial charge in [0.15, 0.2) is 0 Å². The molecule has 1 aliphatic heterocycles. The molecule has 2 N–H and O–H groups in total. The number of thioether (sulfide) groups is 1. The third kappa shape index (κ3) is 5.84. The summed E-state index contributed by atoms with van der Waals surface area (Å²) in [7, 11) is -4.05. The summed E-state index contributed by atoms with van der Waals surface area (Å²) in [5.74, 6) is -1.22. The van der Waals surface area contributed by atoms with Gasteiger partial charge in [-0.2, -0.15) is 13.0 Å². The number of hydrogen-bond acceptors (Lipinski definition) is 7. The molecule has 0 unspecified atom stereocenters. The van der Waals surface area contributed by atoms with E-state index in [-0.39, 0.29) is 18.7 Å². The second-order valence-corrected chi connectivity index (χ2v) is 12.6. The number of carbonyl (C=O) groups is 1. The Bertz CT molecular complexity index is 1410. The van der Waals surface area contributed by atoms with Gasteiger partial charge in [-0.15, -0.1) is 0 Å². The van der Waals surface area contributed by atoms with Crippen LogP contribution < -0.4 is 9.47 Å². The molecule has 180 valence electrons. The van der Waals surface area contributed by atoms with Crippen LogP contribution in [0.4, 0.5) is 5.69 Å². The SMILES string of the molecule is CCC(=Cc1sc2ccsc2[n+]1CC(=O)O)C=C1Sc2ccc(Cl)cc2N1CCCS(=O)(=O)O. The first-order valence-electron chi connectivity index (χ1n) is 10.4. The molecular formula is C22H22ClN2O5S4+. The second-order valence-electron chi connectivity index (χ2n) is 7.57. The number of anilines is 1. The number of aliphatic carboxylic acids is 1. The Hall–Kier alpha value is -1.89. The number of rotatable bonds is 9. The standard InChI is InChI=1S/C22H21ClN2O5S4/c1-2-14(11-20-25(13-21(26)27)22-18(33-20)6-8-31-22)10-19-24(7-3-9-34(28,29)30)16-12-15(23)4-5-17(16)32-19/h4-6,8,10-12H,2-3,7,9,13H2,1H3,(H-,26,27,28,29,30)/p+1. The quantitative estimate of drug-likeness (QED) is 0.264. The highest BCUT2D eigenvalue weighted by molar-refractivity contribution is 8.03. The van der Waals surface area contributed by atoms with Crippen molar-refractivity contribution in [1.82, 2.24) is 0 Å². The molecule has 0 fully saturated rings. The lowest BCUT2D eigenvalue weighted by Crippen LogP contribution is -2.38. The molecule has 0 bridgehead atoms. The van der Waals surface area contributed by atoms with Gasteiger partial charge in [0.05, 0.1) is 16.5 Å². The summed E-state index contributed by atoms with van der Waals surface area (Å²) in [6.07, 6.45) is 5.04. The van der Waals surface area contributed by atoms with Crippen molar-refractivity contribution in [3.8, 4) is 0 Å². The van der Waals surface area contributed by atoms with Crippen molar-refractivity contribution in [3.05, 3.63) is 56.4 Å². The average molecular weight is 558 g/mol. The molecule has 12 heteroatoms. The van der Waals surface area contributed by atoms with Crippen LogP contribution >= 0.6 is 46.0 Å². The number of carboxylic acid groups (broad SMARTS) is 1. The summed E-state index contributed by atoms with van der Waals surface area (Å²) in [6.45, 7) is 2.32. The van der Waals surface area contributed by atoms with Crippen LogP contribution in [-0.4, -0.2) is 36.3 Å². The van der Waals surface area contributed by atoms with Gasteiger partial charge in [0.2, 0.25) is 6.54 Å². The number of aromatic nitrogens is 1. The average Bonchev–Trinajstić information content (AvgIpc) is 3.42. The summed E-state index contributed by atoms with van der Waals surface area (Å²) < 4.78 is 34.4. The van der Waals surface area contributed by atoms with Crippen LogP contribution in [0.15, 0.2) is 51.2 Å². The Morgan fingerprint density at radius 3 is 2.79 bits per heavy atom. The van der Waals surface area contributed by atoms with Crippen molar-refractivity contribution in [2.75, 3.05) is 17.2 Å². The Morgan fingerprint density at radius 1 is 1.29 bits per heavy atom. The van der Waals surface area contributed by atoms with Crippen LogP contribution in [0.2, 0.25) is 5.02 Å². The molecular weight excluding hydrogens is 536 g/mol. The molecule has 0 spiro atoms. The number of hydrogen-bond donors (Lipinski definition) is 2. The summed E-state index contributed by atoms with van der Waals surface area (Å²) in [4.78, 5) is 15.4. The van der Waals surface area contributed by atoms with Gasteiger partial charge in [-0.05, 0) is 54.1 Å². The van der Waals surface area contributed by atoms with Gasteiger partial charge in [-0.3, -0.25) is 4.55 Å². The first kappa shape index (κ1) is 25.2. The van der Waals surface area contributed by atoms with Crippen molar-refractivity contribution < 1.29 is 27.4 Å². The monoisotopic (exact) mass is 557 g/mol. The summed E-state index contributed by atoms with van der Waals surface area (Å²) in [6, 6.07) is 7.59. The van der Waals surface area contributed by atoms with Gasteiger partial charge in [0.1, 0.15) is 4.70 Å². The predicted octanol–water partition coefficient (Wildman–Crippen LogP) is 5.51. The van der Waals surface area contributed by atoms with Gasteiger partial charge in [-0.25, -0.2) is 4.79 Å². The predicted molar refractivity (Wildman–Crippen MR) is 140 cm³/mol. The second kappa shape index (κ2) is 10.4. The van der Waals surface area contributed by atoms with Crippen molar-refractivity contribution >= 4 is 83.4 Å². The molecule has 2 aromatic heterocycles. The van der Waals surface area contributed by atoms with Crippen LogP contribution in [0.5, 0.6) is 0 Å². The third-order valence-electron chi connectivity index (χ3n) is 5.13. The van der Waals surface area contributed by atoms with E-state index in [1.807, 2.05) is 58.2 Å². The molecule has 34 heavy (non-hydrogen) atoms. The topological polar surface area (TPSA) is 98.8 Å². The summed E-state index contributed by atoms with van der Waals surface area (Å²) in [5.41, 5.74) is 1.90. The number of thiazole rings is 1. The minimum atomic E-state index is -4.05. The van der Waals surface area contributed by atoms with Crippen LogP contribution in [0, 0.1) is 0 Å². The molecule has 0 radical (unpaired) electrons. The van der Waals surface area contributed by atoms with Crippen molar-refractivity contribution in [1.29, 1.82) is 0 Å². The fourth-order valence-electron chi connectivity index (χ4n) is 3.60. The maximum Gasteiger partial charge on any atom is 0.370 e. The Kier molecular flexibility index (Phi) is 7.70. The minimum absolute atomic E-state index is 0.111. The van der Waals surface area contributed by atoms with E-state index in [1.54, 1.807) is 23.1 Å². The first-order chi connectivity index (χ1) is 16.1. The van der Waals surface area contributed by atoms with Crippen LogP contribution in [-0.2, 0) is 21.5 Å². The lowest BCUT2D eigenvalue weighted by molar-refractivity contribution is -0.655. The van der Waals surface area contributed by atoms with Gasteiger partial charge >= 0.3 is 5.97 Å². The van der Waals surface area contributed by atoms with E-state index in [0.717, 1.165) is 42.1 Å². The van der Waals surface area contributed by atoms with Gasteiger partial charge in [-0.1, -0.05) is 53.0 Å². The van der Waals surface area contributed by atoms with E-state index < -0.39 is 16.1 Å². The highest BCUT2D eigenvalue weighted by Gasteiger charge is 2.27. The zero-order chi connectivity index (χ0) is 24.5. The number of halogens is 1. The summed E-state index contributed by atoms with van der Waals surface area (Å²) in [5, 5.41) is 13.7. The lowest BCUT2D eigenvalue weighted by Gasteiger charge is -2.20. The van der Waals surface area contributed by atoms with Crippen molar-refractivity contribution in [2.45, 2.75) is 31.2 Å². The fourth-order valence-corrected chi connectivity index (χ4v) is 7.67. The number of carboxylic acids is 1. The van der Waals surface area contributed by atoms with Gasteiger partial charge < -0.3 is 10.0 Å². The molecule has 0 atom stereocenters. The minimum Gasteiger partial charge on any atom is -0.477 e. The maximum atomic E-state index is 11.5. The van der Waals surface area contributed by atoms with Crippen molar-refractivity contribution in [3.63, 3.8) is 0 Å². The first-order valence-corrected chi connectivity index (χ1v) is 14.9. The molecule has 3 aromatic rings. The third-order valence-corrected chi connectivity index (χ3v) is 9.45. The molecule has 0 aliphatic carbocycles. The van der Waals surface area contributed by atoms with Crippen LogP contribution in [0.1, 0.15) is 24.8 Å². The van der Waals surface area contributed by atoms with E-state index in [0.29, 0.717) is 11.6 Å². The molecule has 0 amide bonds. The van der Waals surface area contributed by atoms with E-state index in [9.17, 15) is 18.3 Å². The normalized spacial score (nSPS) is 15.4. The zero-order valence-electron chi connectivity index (χ0n) is 18.1. The molecule has 0 saturated heterocycles. The molecule has 4 rings (SSSR count). The fraction of sp³-hybridized carbons (Fsp3) is 0.273. The van der Waals surface area contributed by atoms with E-state index in [2.05, 4.69) is 0 Å². The highest BCUT2D eigenvalue weighted by atomic mass is 35.5. The molecule has 3 heterocycles. The highest BCUT2D eigenvalue weighted by Crippen LogP contribution is 2.47. The number of allylic oxidation sites excluding steroid dienone is 2. The largest absolute Gasteiger partial charge is 0.477 e. The summed E-state index contributed by atoms with van der Waals surface area (Å²) >= 11 is 10.9. The van der Waals surface area contributed by atoms with E-state index in [4.69, 9.17) is 16.2 Å². The van der Waals surface area contributed by atoms with Gasteiger partial charge in [0, 0.05) is 22.5 Å². The number of thiophene rings is 1. The van der Waals surface area contributed by atoms with Crippen LogP contribution in [0.25, 0.3) is 15.6 Å². The lowest BCUT2D eigenvalue weighted by atomic mass is 10.2. The maximum absolute atomic E-state index is 11.5. The molecule has 1 aromatic carbocycles. The number of fused-ring (bicyclic) bond motifs is 2. The Balaban J connectivity index is 1.70. The molecule has 0 saturated carbocycles. The zero-order valence-corrected chi connectivity index (χ0v) is 22.1. The van der Waals surface area contributed by atoms with Gasteiger partial charge in [0.25, 0.3) is 20.0 Å².